The van der Waals surface area contributed by atoms with Crippen LogP contribution in [0, 0.1) is 0 Å². The Kier molecular flexibility index (Phi) is 1.80. The normalized spacial score (nSPS) is 12.5. The number of hydrogen-bond donors (Lipinski definition) is 2. The maximum atomic E-state index is 9.69. The van der Waals surface area contributed by atoms with Gasteiger partial charge < -0.3 is 14.9 Å². The Balaban J connectivity index is 2.16. The minimum absolute atomic E-state index is 0.155. The van der Waals surface area contributed by atoms with Gasteiger partial charge in [-0.1, -0.05) is 24.3 Å². The molecular formula is C13H10O3. The number of benzene rings is 2. The zero-order valence-corrected chi connectivity index (χ0v) is 8.47. The number of phenols is 2. The first-order valence-electron chi connectivity index (χ1n) is 5.05. The molecule has 2 aromatic carbocycles. The highest BCUT2D eigenvalue weighted by Gasteiger charge is 2.21. The second kappa shape index (κ2) is 3.17. The van der Waals surface area contributed by atoms with E-state index in [1.807, 2.05) is 24.3 Å². The van der Waals surface area contributed by atoms with E-state index in [0.717, 1.165) is 16.9 Å². The van der Waals surface area contributed by atoms with Gasteiger partial charge in [-0.25, -0.2) is 0 Å². The molecule has 0 spiro atoms. The van der Waals surface area contributed by atoms with Gasteiger partial charge in [0, 0.05) is 12.0 Å². The topological polar surface area (TPSA) is 49.7 Å². The lowest BCUT2D eigenvalue weighted by Crippen LogP contribution is -2.02. The molecular weight excluding hydrogens is 204 g/mol. The van der Waals surface area contributed by atoms with Gasteiger partial charge in [0.05, 0.1) is 0 Å². The van der Waals surface area contributed by atoms with Crippen molar-refractivity contribution in [2.45, 2.75) is 6.42 Å². The minimum atomic E-state index is -0.188. The molecule has 0 bridgehead atoms. The standard InChI is InChI=1S/C13H10O3/c14-10-6-5-9-7-8-3-1-2-4-11(8)16-13(9)12(10)15/h1-6,14-15H,7H2. The van der Waals surface area contributed by atoms with E-state index in [1.165, 1.54) is 6.07 Å². The fourth-order valence-corrected chi connectivity index (χ4v) is 1.92. The fraction of sp³-hybridized carbons (Fsp3) is 0.0769. The van der Waals surface area contributed by atoms with Crippen LogP contribution in [0.4, 0.5) is 0 Å². The van der Waals surface area contributed by atoms with Crippen LogP contribution in [0.5, 0.6) is 23.0 Å². The third-order valence-electron chi connectivity index (χ3n) is 2.76. The van der Waals surface area contributed by atoms with E-state index in [9.17, 15) is 10.2 Å². The van der Waals surface area contributed by atoms with Crippen LogP contribution in [0.25, 0.3) is 0 Å². The summed E-state index contributed by atoms with van der Waals surface area (Å²) in [6, 6.07) is 10.9. The molecule has 0 fully saturated rings. The maximum Gasteiger partial charge on any atom is 0.201 e. The van der Waals surface area contributed by atoms with E-state index in [2.05, 4.69) is 0 Å². The third-order valence-corrected chi connectivity index (χ3v) is 2.76. The lowest BCUT2D eigenvalue weighted by molar-refractivity contribution is 0.366. The Bertz CT molecular complexity index is 561. The highest BCUT2D eigenvalue weighted by Crippen LogP contribution is 2.45. The summed E-state index contributed by atoms with van der Waals surface area (Å²) < 4.78 is 5.58. The van der Waals surface area contributed by atoms with Gasteiger partial charge in [-0.2, -0.15) is 0 Å². The van der Waals surface area contributed by atoms with Crippen molar-refractivity contribution in [1.29, 1.82) is 0 Å². The Morgan fingerprint density at radius 1 is 0.938 bits per heavy atom. The molecule has 0 unspecified atom stereocenters. The van der Waals surface area contributed by atoms with Crippen molar-refractivity contribution in [3.63, 3.8) is 0 Å². The van der Waals surface area contributed by atoms with Gasteiger partial charge in [0.2, 0.25) is 5.75 Å². The summed E-state index contributed by atoms with van der Waals surface area (Å²) in [5, 5.41) is 19.1. The first kappa shape index (κ1) is 9.09. The van der Waals surface area contributed by atoms with Crippen LogP contribution in [0.3, 0.4) is 0 Å². The molecule has 80 valence electrons. The number of rotatable bonds is 0. The molecule has 0 atom stereocenters. The molecule has 0 amide bonds. The van der Waals surface area contributed by atoms with E-state index < -0.39 is 0 Å². The number of aromatic hydroxyl groups is 2. The summed E-state index contributed by atoms with van der Waals surface area (Å²) in [6.07, 6.45) is 0.708. The predicted octanol–water partition coefficient (Wildman–Crippen LogP) is 2.79. The summed E-state index contributed by atoms with van der Waals surface area (Å²) in [7, 11) is 0. The van der Waals surface area contributed by atoms with Crippen LogP contribution < -0.4 is 4.74 Å². The van der Waals surface area contributed by atoms with E-state index in [4.69, 9.17) is 4.74 Å². The monoisotopic (exact) mass is 214 g/mol. The zero-order chi connectivity index (χ0) is 11.1. The summed E-state index contributed by atoms with van der Waals surface area (Å²) >= 11 is 0. The van der Waals surface area contributed by atoms with Crippen LogP contribution in [-0.2, 0) is 6.42 Å². The van der Waals surface area contributed by atoms with E-state index >= 15 is 0 Å². The summed E-state index contributed by atoms with van der Waals surface area (Å²) in [4.78, 5) is 0. The van der Waals surface area contributed by atoms with Crippen LogP contribution in [0.1, 0.15) is 11.1 Å². The summed E-state index contributed by atoms with van der Waals surface area (Å²) in [5.41, 5.74) is 1.97. The van der Waals surface area contributed by atoms with E-state index in [1.54, 1.807) is 6.07 Å². The molecule has 16 heavy (non-hydrogen) atoms. The smallest absolute Gasteiger partial charge is 0.201 e. The van der Waals surface area contributed by atoms with Gasteiger partial charge >= 0.3 is 0 Å². The molecule has 1 heterocycles. The van der Waals surface area contributed by atoms with E-state index in [-0.39, 0.29) is 11.5 Å². The number of ether oxygens (including phenoxy) is 1. The molecule has 1 aliphatic rings. The van der Waals surface area contributed by atoms with Gasteiger partial charge in [0.25, 0.3) is 0 Å². The lowest BCUT2D eigenvalue weighted by atomic mass is 10.00. The minimum Gasteiger partial charge on any atom is -0.504 e. The lowest BCUT2D eigenvalue weighted by Gasteiger charge is -2.20. The number of fused-ring (bicyclic) bond motifs is 2. The molecule has 3 rings (SSSR count). The van der Waals surface area contributed by atoms with Crippen LogP contribution >= 0.6 is 0 Å². The van der Waals surface area contributed by atoms with Crippen molar-refractivity contribution in [3.8, 4) is 23.0 Å². The molecule has 0 radical (unpaired) electrons. The average Bonchev–Trinajstić information content (AvgIpc) is 2.32. The Hall–Kier alpha value is -2.16. The van der Waals surface area contributed by atoms with E-state index in [0.29, 0.717) is 12.2 Å². The van der Waals surface area contributed by atoms with Crippen LogP contribution in [-0.4, -0.2) is 10.2 Å². The van der Waals surface area contributed by atoms with Gasteiger partial charge in [-0.05, 0) is 17.7 Å². The second-order valence-electron chi connectivity index (χ2n) is 3.81. The molecule has 2 aromatic rings. The molecule has 3 heteroatoms. The zero-order valence-electron chi connectivity index (χ0n) is 8.47. The van der Waals surface area contributed by atoms with Crippen molar-refractivity contribution in [1.82, 2.24) is 0 Å². The van der Waals surface area contributed by atoms with Crippen LogP contribution in [0.15, 0.2) is 36.4 Å². The highest BCUT2D eigenvalue weighted by molar-refractivity contribution is 5.59. The number of phenolic OH excluding ortho intramolecular Hbond substituents is 2. The second-order valence-corrected chi connectivity index (χ2v) is 3.81. The van der Waals surface area contributed by atoms with Gasteiger partial charge in [0.1, 0.15) is 5.75 Å². The van der Waals surface area contributed by atoms with Gasteiger partial charge in [-0.15, -0.1) is 0 Å². The molecule has 3 nitrogen and oxygen atoms in total. The Morgan fingerprint density at radius 2 is 1.75 bits per heavy atom. The fourth-order valence-electron chi connectivity index (χ4n) is 1.92. The molecule has 1 aliphatic heterocycles. The van der Waals surface area contributed by atoms with Crippen molar-refractivity contribution in [2.24, 2.45) is 0 Å². The molecule has 0 aliphatic carbocycles. The Morgan fingerprint density at radius 3 is 2.62 bits per heavy atom. The first-order valence-corrected chi connectivity index (χ1v) is 5.05. The van der Waals surface area contributed by atoms with Crippen molar-refractivity contribution >= 4 is 0 Å². The number of para-hydroxylation sites is 1. The molecule has 2 N–H and O–H groups in total. The third kappa shape index (κ3) is 1.21. The van der Waals surface area contributed by atoms with Crippen LogP contribution in [0.2, 0.25) is 0 Å². The molecule has 0 saturated carbocycles. The van der Waals surface area contributed by atoms with Crippen molar-refractivity contribution < 1.29 is 14.9 Å². The largest absolute Gasteiger partial charge is 0.504 e. The van der Waals surface area contributed by atoms with Gasteiger partial charge in [-0.3, -0.25) is 0 Å². The summed E-state index contributed by atoms with van der Waals surface area (Å²) in [5.74, 6) is 0.750. The number of hydrogen-bond acceptors (Lipinski definition) is 3. The SMILES string of the molecule is Oc1ccc2c(c1O)Oc1ccccc1C2. The Labute approximate surface area is 92.5 Å². The molecule has 0 saturated heterocycles. The highest BCUT2D eigenvalue weighted by atomic mass is 16.5. The average molecular weight is 214 g/mol. The predicted molar refractivity (Wildman–Crippen MR) is 59.1 cm³/mol. The first-order chi connectivity index (χ1) is 7.75. The summed E-state index contributed by atoms with van der Waals surface area (Å²) in [6.45, 7) is 0. The van der Waals surface area contributed by atoms with Gasteiger partial charge in [0.15, 0.2) is 11.5 Å². The quantitative estimate of drug-likeness (QED) is 0.566. The molecule has 0 aromatic heterocycles. The maximum absolute atomic E-state index is 9.69. The van der Waals surface area contributed by atoms with Crippen molar-refractivity contribution in [3.05, 3.63) is 47.5 Å². The van der Waals surface area contributed by atoms with Crippen molar-refractivity contribution in [2.75, 3.05) is 0 Å².